The normalized spacial score (nSPS) is 10.9. The summed E-state index contributed by atoms with van der Waals surface area (Å²) in [6.07, 6.45) is 0. The highest BCUT2D eigenvalue weighted by Crippen LogP contribution is 2.22. The van der Waals surface area contributed by atoms with Crippen LogP contribution in [0.25, 0.3) is 22.1 Å². The largest absolute Gasteiger partial charge is 0.345 e. The molecule has 2 N–H and O–H groups in total. The van der Waals surface area contributed by atoms with Crippen molar-refractivity contribution in [2.75, 3.05) is 0 Å². The highest BCUT2D eigenvalue weighted by Gasteiger charge is 2.14. The van der Waals surface area contributed by atoms with Gasteiger partial charge in [0.15, 0.2) is 10.6 Å². The lowest BCUT2D eigenvalue weighted by Gasteiger charge is -2.05. The maximum absolute atomic E-state index is 12.4. The fourth-order valence-corrected chi connectivity index (χ4v) is 3.52. The number of rotatable bonds is 6. The summed E-state index contributed by atoms with van der Waals surface area (Å²) in [5, 5.41) is 16.1. The van der Waals surface area contributed by atoms with Gasteiger partial charge in [-0.15, -0.1) is 11.3 Å². The fourth-order valence-electron chi connectivity index (χ4n) is 2.47. The number of aromatic amines is 1. The topological polar surface area (TPSA) is 102 Å². The van der Waals surface area contributed by atoms with Gasteiger partial charge in [0, 0.05) is 10.6 Å². The number of halogens is 1. The summed E-state index contributed by atoms with van der Waals surface area (Å²) in [5.41, 5.74) is 0.774. The molecule has 0 aliphatic heterocycles. The Morgan fingerprint density at radius 2 is 2.14 bits per heavy atom. The maximum Gasteiger partial charge on any atom is 0.246 e. The Bertz CT molecular complexity index is 1150. The first-order valence-corrected chi connectivity index (χ1v) is 9.81. The van der Waals surface area contributed by atoms with Crippen LogP contribution in [0.5, 0.6) is 0 Å². The predicted molar refractivity (Wildman–Crippen MR) is 107 cm³/mol. The molecule has 3 heterocycles. The van der Waals surface area contributed by atoms with E-state index in [4.69, 9.17) is 28.3 Å². The van der Waals surface area contributed by atoms with Crippen LogP contribution in [-0.2, 0) is 17.9 Å². The summed E-state index contributed by atoms with van der Waals surface area (Å²) >= 11 is 12.6. The van der Waals surface area contributed by atoms with Crippen molar-refractivity contribution in [3.8, 4) is 22.1 Å². The molecule has 0 aliphatic rings. The van der Waals surface area contributed by atoms with Gasteiger partial charge in [0.1, 0.15) is 6.54 Å². The molecule has 0 atom stereocenters. The van der Waals surface area contributed by atoms with Gasteiger partial charge in [0.25, 0.3) is 0 Å². The van der Waals surface area contributed by atoms with E-state index in [1.165, 1.54) is 11.3 Å². The summed E-state index contributed by atoms with van der Waals surface area (Å²) in [5.74, 6) is 1.10. The van der Waals surface area contributed by atoms with Crippen LogP contribution in [0.1, 0.15) is 5.89 Å². The van der Waals surface area contributed by atoms with Crippen LogP contribution in [0.4, 0.5) is 0 Å². The number of hydrogen-bond donors (Lipinski definition) is 2. The summed E-state index contributed by atoms with van der Waals surface area (Å²) in [4.78, 5) is 17.5. The minimum Gasteiger partial charge on any atom is -0.345 e. The Kier molecular flexibility index (Phi) is 5.33. The van der Waals surface area contributed by atoms with Crippen molar-refractivity contribution in [2.45, 2.75) is 13.1 Å². The van der Waals surface area contributed by atoms with Gasteiger partial charge in [0.05, 0.1) is 11.4 Å². The summed E-state index contributed by atoms with van der Waals surface area (Å²) in [6.45, 7) is 0.139. The van der Waals surface area contributed by atoms with Gasteiger partial charge in [-0.3, -0.25) is 14.5 Å². The van der Waals surface area contributed by atoms with Crippen LogP contribution < -0.4 is 5.32 Å². The number of nitrogens with one attached hydrogen (secondary N) is 2. The molecule has 0 saturated carbocycles. The minimum absolute atomic E-state index is 0.0285. The van der Waals surface area contributed by atoms with E-state index in [2.05, 4.69) is 25.7 Å². The number of carbonyl (C=O) groups is 1. The Morgan fingerprint density at radius 3 is 2.89 bits per heavy atom. The molecular weight excluding hydrogens is 420 g/mol. The van der Waals surface area contributed by atoms with Crippen LogP contribution in [0.3, 0.4) is 0 Å². The second-order valence-electron chi connectivity index (χ2n) is 5.71. The monoisotopic (exact) mass is 432 g/mol. The summed E-state index contributed by atoms with van der Waals surface area (Å²) < 4.78 is 7.21. The van der Waals surface area contributed by atoms with E-state index in [-0.39, 0.29) is 19.0 Å². The Hall–Kier alpha value is -2.82. The molecule has 0 unspecified atom stereocenters. The molecule has 28 heavy (non-hydrogen) atoms. The molecule has 8 nitrogen and oxygen atoms in total. The number of hydrogen-bond acceptors (Lipinski definition) is 7. The zero-order chi connectivity index (χ0) is 19.5. The van der Waals surface area contributed by atoms with Crippen LogP contribution in [-0.4, -0.2) is 30.8 Å². The zero-order valence-corrected chi connectivity index (χ0v) is 16.6. The Morgan fingerprint density at radius 1 is 1.32 bits per heavy atom. The quantitative estimate of drug-likeness (QED) is 0.450. The molecule has 0 aliphatic carbocycles. The van der Waals surface area contributed by atoms with Crippen LogP contribution in [0.15, 0.2) is 46.3 Å². The molecule has 0 radical (unpaired) electrons. The third-order valence-corrected chi connectivity index (χ3v) is 5.24. The smallest absolute Gasteiger partial charge is 0.246 e. The van der Waals surface area contributed by atoms with E-state index in [1.54, 1.807) is 28.8 Å². The third kappa shape index (κ3) is 4.03. The van der Waals surface area contributed by atoms with Crippen LogP contribution in [0.2, 0.25) is 5.02 Å². The lowest BCUT2D eigenvalue weighted by molar-refractivity contribution is -0.121. The van der Waals surface area contributed by atoms with Crippen molar-refractivity contribution >= 4 is 41.1 Å². The second kappa shape index (κ2) is 8.05. The number of aromatic nitrogens is 5. The molecular formula is C17H13ClN6O2S2. The van der Waals surface area contributed by atoms with Crippen molar-refractivity contribution in [3.63, 3.8) is 0 Å². The van der Waals surface area contributed by atoms with Gasteiger partial charge in [-0.05, 0) is 47.9 Å². The molecule has 4 aromatic rings. The van der Waals surface area contributed by atoms with Gasteiger partial charge >= 0.3 is 0 Å². The van der Waals surface area contributed by atoms with Gasteiger partial charge in [-0.1, -0.05) is 22.8 Å². The Labute approximate surface area is 173 Å². The van der Waals surface area contributed by atoms with Crippen molar-refractivity contribution in [1.82, 2.24) is 30.2 Å². The molecule has 0 bridgehead atoms. The number of benzene rings is 1. The third-order valence-electron chi connectivity index (χ3n) is 3.81. The highest BCUT2D eigenvalue weighted by molar-refractivity contribution is 7.71. The van der Waals surface area contributed by atoms with E-state index in [0.29, 0.717) is 27.3 Å². The van der Waals surface area contributed by atoms with Gasteiger partial charge in [-0.2, -0.15) is 10.1 Å². The van der Waals surface area contributed by atoms with E-state index >= 15 is 0 Å². The second-order valence-corrected chi connectivity index (χ2v) is 7.48. The molecule has 4 rings (SSSR count). The van der Waals surface area contributed by atoms with Gasteiger partial charge in [0.2, 0.25) is 17.6 Å². The van der Waals surface area contributed by atoms with Gasteiger partial charge < -0.3 is 9.84 Å². The number of thiophene rings is 1. The number of H-pyrrole nitrogens is 1. The molecule has 11 heteroatoms. The first-order chi connectivity index (χ1) is 13.6. The van der Waals surface area contributed by atoms with E-state index in [1.807, 2.05) is 17.5 Å². The molecule has 3 aromatic heterocycles. The molecule has 1 amide bonds. The maximum atomic E-state index is 12.4. The first-order valence-electron chi connectivity index (χ1n) is 8.14. The number of amides is 1. The average molecular weight is 433 g/mol. The molecule has 0 fully saturated rings. The summed E-state index contributed by atoms with van der Waals surface area (Å²) in [7, 11) is 0. The van der Waals surface area contributed by atoms with Crippen LogP contribution in [0, 0.1) is 4.77 Å². The van der Waals surface area contributed by atoms with E-state index in [9.17, 15) is 4.79 Å². The van der Waals surface area contributed by atoms with Gasteiger partial charge in [-0.25, -0.2) is 0 Å². The summed E-state index contributed by atoms with van der Waals surface area (Å²) in [6, 6.07) is 10.9. The number of nitrogens with zero attached hydrogens (tertiary/aromatic N) is 4. The number of carbonyl (C=O) groups excluding carboxylic acids is 1. The van der Waals surface area contributed by atoms with Crippen LogP contribution >= 0.6 is 35.2 Å². The standard InChI is InChI=1S/C17H13ClN6O2S2/c18-11-5-3-10(4-6-11)15-20-14(26-23-15)8-19-13(25)9-24-16(21-22-17(24)27)12-2-1-7-28-12/h1-7H,8-9H2,(H,19,25)(H,22,27). The fraction of sp³-hybridized carbons (Fsp3) is 0.118. The zero-order valence-electron chi connectivity index (χ0n) is 14.3. The van der Waals surface area contributed by atoms with E-state index < -0.39 is 0 Å². The predicted octanol–water partition coefficient (Wildman–Crippen LogP) is 3.69. The van der Waals surface area contributed by atoms with Crippen molar-refractivity contribution < 1.29 is 9.32 Å². The van der Waals surface area contributed by atoms with Crippen molar-refractivity contribution in [2.24, 2.45) is 0 Å². The highest BCUT2D eigenvalue weighted by atomic mass is 35.5. The SMILES string of the molecule is O=C(Cn1c(-c2cccs2)n[nH]c1=S)NCc1nc(-c2ccc(Cl)cc2)no1. The molecule has 1 aromatic carbocycles. The van der Waals surface area contributed by atoms with E-state index in [0.717, 1.165) is 10.4 Å². The Balaban J connectivity index is 1.40. The lowest BCUT2D eigenvalue weighted by Crippen LogP contribution is -2.27. The first kappa shape index (κ1) is 18.5. The molecule has 0 spiro atoms. The molecule has 142 valence electrons. The lowest BCUT2D eigenvalue weighted by atomic mass is 10.2. The van der Waals surface area contributed by atoms with Crippen molar-refractivity contribution in [3.05, 3.63) is 57.5 Å². The molecule has 0 saturated heterocycles. The average Bonchev–Trinajstić information content (AvgIpc) is 3.43. The van der Waals surface area contributed by atoms with Crippen molar-refractivity contribution in [1.29, 1.82) is 0 Å². The minimum atomic E-state index is -0.249.